The van der Waals surface area contributed by atoms with E-state index >= 15 is 0 Å². The van der Waals surface area contributed by atoms with E-state index in [1.54, 1.807) is 6.08 Å². The molecule has 0 unspecified atom stereocenters. The number of hydrogen-bond donors (Lipinski definition) is 0. The molecule has 1 aliphatic heterocycles. The Morgan fingerprint density at radius 1 is 0.604 bits per heavy atom. The largest absolute Gasteiger partial charge is 0.374 e. The molecule has 5 rings (SSSR count). The highest BCUT2D eigenvalue weighted by atomic mass is 16.7. The molecule has 0 saturated carbocycles. The summed E-state index contributed by atoms with van der Waals surface area (Å²) in [6, 6.07) is 40.6. The molecular formula is C42H50O6. The Hall–Kier alpha value is -3.62. The molecule has 1 fully saturated rings. The van der Waals surface area contributed by atoms with E-state index in [9.17, 15) is 0 Å². The summed E-state index contributed by atoms with van der Waals surface area (Å²) in [5, 5.41) is 0. The lowest BCUT2D eigenvalue weighted by Gasteiger charge is -2.51. The Bertz CT molecular complexity index is 1430. The molecule has 0 bridgehead atoms. The maximum Gasteiger partial charge on any atom is 0.217 e. The second kappa shape index (κ2) is 19.4. The standard InChI is InChI=1S/C42H50O6/c1-3-5-6-19-28-47-42(4-2)41(46-32-37-26-17-10-18-27-37)40(45-31-36-24-15-9-16-25-36)39(44-30-35-22-13-8-14-23-35)38(48-42)33-43-29-34-20-11-7-12-21-34/h4,7-18,20-27,38-41H,2-3,5-6,19,28-33H2,1H3/t38-,39-,40+,41-,42+/m1/s1. The molecule has 0 radical (unpaired) electrons. The molecule has 5 atom stereocenters. The quantitative estimate of drug-likeness (QED) is 0.0704. The first kappa shape index (κ1) is 35.7. The molecule has 0 amide bonds. The van der Waals surface area contributed by atoms with Crippen molar-refractivity contribution < 1.29 is 28.4 Å². The van der Waals surface area contributed by atoms with Gasteiger partial charge in [-0.15, -0.1) is 0 Å². The van der Waals surface area contributed by atoms with Gasteiger partial charge in [0, 0.05) is 0 Å². The third-order valence-corrected chi connectivity index (χ3v) is 8.57. The van der Waals surface area contributed by atoms with Gasteiger partial charge in [-0.1, -0.05) is 154 Å². The summed E-state index contributed by atoms with van der Waals surface area (Å²) < 4.78 is 40.4. The highest BCUT2D eigenvalue weighted by Gasteiger charge is 2.56. The predicted molar refractivity (Wildman–Crippen MR) is 189 cm³/mol. The first-order chi connectivity index (χ1) is 23.7. The van der Waals surface area contributed by atoms with Crippen molar-refractivity contribution >= 4 is 0 Å². The normalized spacial score (nSPS) is 22.4. The lowest BCUT2D eigenvalue weighted by molar-refractivity contribution is -0.364. The van der Waals surface area contributed by atoms with E-state index in [1.807, 2.05) is 84.9 Å². The molecule has 0 spiro atoms. The van der Waals surface area contributed by atoms with Gasteiger partial charge in [0.1, 0.15) is 24.4 Å². The van der Waals surface area contributed by atoms with Crippen LogP contribution < -0.4 is 0 Å². The van der Waals surface area contributed by atoms with Crippen molar-refractivity contribution in [2.45, 2.75) is 89.2 Å². The zero-order valence-corrected chi connectivity index (χ0v) is 28.2. The molecule has 1 heterocycles. The van der Waals surface area contributed by atoms with Crippen LogP contribution in [-0.4, -0.2) is 43.4 Å². The summed E-state index contributed by atoms with van der Waals surface area (Å²) in [4.78, 5) is 0. The van der Waals surface area contributed by atoms with E-state index in [0.717, 1.165) is 47.9 Å². The smallest absolute Gasteiger partial charge is 0.217 e. The monoisotopic (exact) mass is 650 g/mol. The van der Waals surface area contributed by atoms with Crippen molar-refractivity contribution in [3.05, 3.63) is 156 Å². The molecule has 1 saturated heterocycles. The lowest BCUT2D eigenvalue weighted by atomic mass is 9.91. The van der Waals surface area contributed by atoms with E-state index < -0.39 is 30.2 Å². The van der Waals surface area contributed by atoms with Gasteiger partial charge in [0.2, 0.25) is 5.79 Å². The van der Waals surface area contributed by atoms with Crippen LogP contribution >= 0.6 is 0 Å². The van der Waals surface area contributed by atoms with Gasteiger partial charge in [-0.25, -0.2) is 0 Å². The summed E-state index contributed by atoms with van der Waals surface area (Å²) in [6.45, 7) is 8.73. The summed E-state index contributed by atoms with van der Waals surface area (Å²) in [5.41, 5.74) is 4.22. The van der Waals surface area contributed by atoms with Crippen molar-refractivity contribution in [1.29, 1.82) is 0 Å². The van der Waals surface area contributed by atoms with Crippen LogP contribution in [0.2, 0.25) is 0 Å². The summed E-state index contributed by atoms with van der Waals surface area (Å²) in [5.74, 6) is -1.30. The highest BCUT2D eigenvalue weighted by molar-refractivity contribution is 5.17. The molecule has 4 aromatic carbocycles. The van der Waals surface area contributed by atoms with Crippen LogP contribution in [0.3, 0.4) is 0 Å². The van der Waals surface area contributed by atoms with Gasteiger partial charge in [0.25, 0.3) is 0 Å². The molecule has 1 aliphatic rings. The van der Waals surface area contributed by atoms with Crippen LogP contribution in [0.1, 0.15) is 54.9 Å². The number of ether oxygens (including phenoxy) is 6. The average Bonchev–Trinajstić information content (AvgIpc) is 3.14. The van der Waals surface area contributed by atoms with E-state index in [4.69, 9.17) is 28.4 Å². The second-order valence-electron chi connectivity index (χ2n) is 12.2. The Kier molecular flexibility index (Phi) is 14.4. The zero-order chi connectivity index (χ0) is 33.3. The fourth-order valence-electron chi connectivity index (χ4n) is 5.97. The highest BCUT2D eigenvalue weighted by Crippen LogP contribution is 2.39. The van der Waals surface area contributed by atoms with E-state index in [1.165, 1.54) is 0 Å². The van der Waals surface area contributed by atoms with Crippen LogP contribution in [0.4, 0.5) is 0 Å². The van der Waals surface area contributed by atoms with Gasteiger partial charge in [0.15, 0.2) is 0 Å². The molecule has 6 heteroatoms. The molecule has 254 valence electrons. The summed E-state index contributed by atoms with van der Waals surface area (Å²) in [6.07, 6.45) is 3.65. The Morgan fingerprint density at radius 3 is 1.58 bits per heavy atom. The number of rotatable bonds is 20. The van der Waals surface area contributed by atoms with Crippen LogP contribution in [0, 0.1) is 0 Å². The summed E-state index contributed by atoms with van der Waals surface area (Å²) >= 11 is 0. The lowest BCUT2D eigenvalue weighted by Crippen LogP contribution is -2.67. The maximum absolute atomic E-state index is 6.96. The molecule has 48 heavy (non-hydrogen) atoms. The van der Waals surface area contributed by atoms with Gasteiger partial charge in [-0.3, -0.25) is 0 Å². The zero-order valence-electron chi connectivity index (χ0n) is 28.2. The number of hydrogen-bond acceptors (Lipinski definition) is 6. The first-order valence-corrected chi connectivity index (χ1v) is 17.2. The van der Waals surface area contributed by atoms with E-state index in [-0.39, 0.29) is 6.61 Å². The average molecular weight is 651 g/mol. The Labute approximate surface area is 286 Å². The van der Waals surface area contributed by atoms with Crippen LogP contribution in [0.5, 0.6) is 0 Å². The van der Waals surface area contributed by atoms with Crippen molar-refractivity contribution in [3.8, 4) is 0 Å². The fraction of sp³-hybridized carbons (Fsp3) is 0.381. The van der Waals surface area contributed by atoms with Gasteiger partial charge in [-0.2, -0.15) is 0 Å². The molecule has 0 aromatic heterocycles. The fourth-order valence-corrected chi connectivity index (χ4v) is 5.97. The maximum atomic E-state index is 6.96. The Balaban J connectivity index is 1.48. The van der Waals surface area contributed by atoms with Gasteiger partial charge >= 0.3 is 0 Å². The first-order valence-electron chi connectivity index (χ1n) is 17.2. The van der Waals surface area contributed by atoms with Gasteiger partial charge in [0.05, 0.1) is 39.6 Å². The molecule has 0 aliphatic carbocycles. The number of unbranched alkanes of at least 4 members (excludes halogenated alkanes) is 3. The van der Waals surface area contributed by atoms with Crippen LogP contribution in [0.25, 0.3) is 0 Å². The molecule has 0 N–H and O–H groups in total. The van der Waals surface area contributed by atoms with E-state index in [0.29, 0.717) is 33.0 Å². The minimum absolute atomic E-state index is 0.264. The topological polar surface area (TPSA) is 55.4 Å². The third kappa shape index (κ3) is 10.4. The van der Waals surface area contributed by atoms with Crippen molar-refractivity contribution in [3.63, 3.8) is 0 Å². The molecule has 6 nitrogen and oxygen atoms in total. The predicted octanol–water partition coefficient (Wildman–Crippen LogP) is 8.84. The van der Waals surface area contributed by atoms with Crippen molar-refractivity contribution in [1.82, 2.24) is 0 Å². The second-order valence-corrected chi connectivity index (χ2v) is 12.2. The van der Waals surface area contributed by atoms with Gasteiger partial charge in [-0.05, 0) is 34.8 Å². The molecule has 4 aromatic rings. The van der Waals surface area contributed by atoms with Gasteiger partial charge < -0.3 is 28.4 Å². The van der Waals surface area contributed by atoms with Crippen LogP contribution in [0.15, 0.2) is 134 Å². The van der Waals surface area contributed by atoms with E-state index in [2.05, 4.69) is 49.9 Å². The number of benzene rings is 4. The SMILES string of the molecule is C=C[C@]1(OCCCCCC)O[C@H](COCc2ccccc2)[C@@H](OCc2ccccc2)[C@H](OCc2ccccc2)[C@H]1OCc1ccccc1. The van der Waals surface area contributed by atoms with Crippen molar-refractivity contribution in [2.24, 2.45) is 0 Å². The Morgan fingerprint density at radius 2 is 1.08 bits per heavy atom. The molecular weight excluding hydrogens is 600 g/mol. The minimum Gasteiger partial charge on any atom is -0.374 e. The summed E-state index contributed by atoms with van der Waals surface area (Å²) in [7, 11) is 0. The van der Waals surface area contributed by atoms with Crippen molar-refractivity contribution in [2.75, 3.05) is 13.2 Å². The minimum atomic E-state index is -1.30. The third-order valence-electron chi connectivity index (χ3n) is 8.57. The van der Waals surface area contributed by atoms with Crippen LogP contribution in [-0.2, 0) is 54.8 Å².